The zero-order valence-corrected chi connectivity index (χ0v) is 13.6. The highest BCUT2D eigenvalue weighted by atomic mass is 16.3. The largest absolute Gasteiger partial charge is 0.459 e. The molecule has 0 atom stereocenters. The lowest BCUT2D eigenvalue weighted by Crippen LogP contribution is -2.15. The number of carbonyl (C=O) groups is 3. The first-order valence-electron chi connectivity index (χ1n) is 7.69. The predicted octanol–water partition coefficient (Wildman–Crippen LogP) is 2.88. The standard InChI is InChI=1S/C19H15N3O4/c20-17(23)12-4-1-6-14(10-12)21-18(24)13-5-2-7-15(11-13)22-19(25)16-8-3-9-26-16/h1-11H,(H2,20,23)(H,21,24)(H,22,25). The Morgan fingerprint density at radius 1 is 0.769 bits per heavy atom. The molecule has 0 spiro atoms. The quantitative estimate of drug-likeness (QED) is 0.657. The van der Waals surface area contributed by atoms with Crippen molar-refractivity contribution in [3.8, 4) is 0 Å². The van der Waals surface area contributed by atoms with Crippen molar-refractivity contribution in [3.63, 3.8) is 0 Å². The number of hydrogen-bond acceptors (Lipinski definition) is 4. The molecular formula is C19H15N3O4. The minimum absolute atomic E-state index is 0.170. The highest BCUT2D eigenvalue weighted by Gasteiger charge is 2.11. The molecule has 0 saturated carbocycles. The van der Waals surface area contributed by atoms with E-state index in [9.17, 15) is 14.4 Å². The van der Waals surface area contributed by atoms with Crippen LogP contribution < -0.4 is 16.4 Å². The summed E-state index contributed by atoms with van der Waals surface area (Å²) in [6.07, 6.45) is 1.40. The van der Waals surface area contributed by atoms with Gasteiger partial charge in [-0.3, -0.25) is 14.4 Å². The highest BCUT2D eigenvalue weighted by molar-refractivity contribution is 6.07. The molecule has 0 aliphatic heterocycles. The number of nitrogens with two attached hydrogens (primary N) is 1. The average Bonchev–Trinajstić information content (AvgIpc) is 3.17. The van der Waals surface area contributed by atoms with Crippen LogP contribution in [0.2, 0.25) is 0 Å². The van der Waals surface area contributed by atoms with Crippen LogP contribution >= 0.6 is 0 Å². The lowest BCUT2D eigenvalue weighted by atomic mass is 10.1. The number of amides is 3. The number of benzene rings is 2. The van der Waals surface area contributed by atoms with Crippen LogP contribution in [0.3, 0.4) is 0 Å². The van der Waals surface area contributed by atoms with Crippen molar-refractivity contribution in [2.75, 3.05) is 10.6 Å². The summed E-state index contributed by atoms with van der Waals surface area (Å²) < 4.78 is 5.03. The number of carbonyl (C=O) groups excluding carboxylic acids is 3. The molecule has 26 heavy (non-hydrogen) atoms. The van der Waals surface area contributed by atoms with Crippen LogP contribution in [0.15, 0.2) is 71.3 Å². The molecule has 0 unspecified atom stereocenters. The molecule has 1 heterocycles. The third-order valence-electron chi connectivity index (χ3n) is 3.53. The molecule has 2 aromatic carbocycles. The van der Waals surface area contributed by atoms with Gasteiger partial charge < -0.3 is 20.8 Å². The molecule has 3 amide bonds. The van der Waals surface area contributed by atoms with Crippen LogP contribution in [0.4, 0.5) is 11.4 Å². The van der Waals surface area contributed by atoms with Crippen molar-refractivity contribution in [1.82, 2.24) is 0 Å². The van der Waals surface area contributed by atoms with E-state index in [2.05, 4.69) is 10.6 Å². The first-order valence-corrected chi connectivity index (χ1v) is 7.69. The molecule has 0 aliphatic carbocycles. The van der Waals surface area contributed by atoms with Gasteiger partial charge in [-0.2, -0.15) is 0 Å². The normalized spacial score (nSPS) is 10.2. The van der Waals surface area contributed by atoms with E-state index in [-0.39, 0.29) is 11.7 Å². The zero-order chi connectivity index (χ0) is 18.5. The van der Waals surface area contributed by atoms with Crippen LogP contribution in [-0.2, 0) is 0 Å². The third-order valence-corrected chi connectivity index (χ3v) is 3.53. The molecule has 0 saturated heterocycles. The molecule has 1 aromatic heterocycles. The smallest absolute Gasteiger partial charge is 0.291 e. The summed E-state index contributed by atoms with van der Waals surface area (Å²) in [4.78, 5) is 35.6. The first kappa shape index (κ1) is 17.0. The molecule has 0 bridgehead atoms. The molecule has 7 heteroatoms. The van der Waals surface area contributed by atoms with E-state index in [1.54, 1.807) is 42.5 Å². The minimum atomic E-state index is -0.580. The van der Waals surface area contributed by atoms with Crippen LogP contribution in [0.25, 0.3) is 0 Å². The Hall–Kier alpha value is -3.87. The van der Waals surface area contributed by atoms with Gasteiger partial charge in [-0.25, -0.2) is 0 Å². The molecule has 0 fully saturated rings. The van der Waals surface area contributed by atoms with Crippen molar-refractivity contribution in [2.24, 2.45) is 5.73 Å². The van der Waals surface area contributed by atoms with E-state index in [0.29, 0.717) is 22.5 Å². The van der Waals surface area contributed by atoms with Crippen molar-refractivity contribution >= 4 is 29.1 Å². The van der Waals surface area contributed by atoms with Crippen molar-refractivity contribution in [1.29, 1.82) is 0 Å². The van der Waals surface area contributed by atoms with Gasteiger partial charge in [0.1, 0.15) is 0 Å². The summed E-state index contributed by atoms with van der Waals surface area (Å²) in [7, 11) is 0. The fourth-order valence-corrected chi connectivity index (χ4v) is 2.29. The van der Waals surface area contributed by atoms with Crippen LogP contribution in [0.5, 0.6) is 0 Å². The Morgan fingerprint density at radius 3 is 2.00 bits per heavy atom. The summed E-state index contributed by atoms with van der Waals surface area (Å²) in [6, 6.07) is 15.9. The van der Waals surface area contributed by atoms with Gasteiger partial charge in [-0.15, -0.1) is 0 Å². The molecule has 3 aromatic rings. The summed E-state index contributed by atoms with van der Waals surface area (Å²) >= 11 is 0. The van der Waals surface area contributed by atoms with E-state index >= 15 is 0 Å². The molecule has 0 radical (unpaired) electrons. The molecule has 7 nitrogen and oxygen atoms in total. The lowest BCUT2D eigenvalue weighted by molar-refractivity contribution is 0.0990. The second-order valence-corrected chi connectivity index (χ2v) is 5.41. The van der Waals surface area contributed by atoms with E-state index in [4.69, 9.17) is 10.2 Å². The fourth-order valence-electron chi connectivity index (χ4n) is 2.29. The monoisotopic (exact) mass is 349 g/mol. The Balaban J connectivity index is 1.73. The number of hydrogen-bond donors (Lipinski definition) is 3. The summed E-state index contributed by atoms with van der Waals surface area (Å²) in [5.74, 6) is -1.21. The SMILES string of the molecule is NC(=O)c1cccc(NC(=O)c2cccc(NC(=O)c3ccco3)c2)c1. The number of nitrogens with one attached hydrogen (secondary N) is 2. The lowest BCUT2D eigenvalue weighted by Gasteiger charge is -2.08. The molecule has 0 aliphatic rings. The molecular weight excluding hydrogens is 334 g/mol. The second kappa shape index (κ2) is 7.35. The Morgan fingerprint density at radius 2 is 1.38 bits per heavy atom. The minimum Gasteiger partial charge on any atom is -0.459 e. The Labute approximate surface area is 148 Å². The Kier molecular flexibility index (Phi) is 4.80. The number of furan rings is 1. The van der Waals surface area contributed by atoms with E-state index < -0.39 is 11.8 Å². The van der Waals surface area contributed by atoms with Crippen molar-refractivity contribution in [3.05, 3.63) is 83.8 Å². The van der Waals surface area contributed by atoms with Gasteiger partial charge in [0, 0.05) is 22.5 Å². The van der Waals surface area contributed by atoms with Gasteiger partial charge >= 0.3 is 0 Å². The van der Waals surface area contributed by atoms with E-state index in [1.165, 1.54) is 24.5 Å². The topological polar surface area (TPSA) is 114 Å². The predicted molar refractivity (Wildman–Crippen MR) is 96.0 cm³/mol. The maximum Gasteiger partial charge on any atom is 0.291 e. The van der Waals surface area contributed by atoms with E-state index in [1.807, 2.05) is 0 Å². The summed E-state index contributed by atoms with van der Waals surface area (Å²) in [6.45, 7) is 0. The number of primary amides is 1. The van der Waals surface area contributed by atoms with Gasteiger partial charge in [-0.05, 0) is 48.5 Å². The Bertz CT molecular complexity index is 964. The number of rotatable bonds is 5. The van der Waals surface area contributed by atoms with Gasteiger partial charge in [0.25, 0.3) is 11.8 Å². The summed E-state index contributed by atoms with van der Waals surface area (Å²) in [5, 5.41) is 5.34. The van der Waals surface area contributed by atoms with Gasteiger partial charge in [0.15, 0.2) is 5.76 Å². The zero-order valence-electron chi connectivity index (χ0n) is 13.6. The average molecular weight is 349 g/mol. The maximum atomic E-state index is 12.4. The van der Waals surface area contributed by atoms with Crippen LogP contribution in [0, 0.1) is 0 Å². The molecule has 4 N–H and O–H groups in total. The van der Waals surface area contributed by atoms with Gasteiger partial charge in [0.05, 0.1) is 6.26 Å². The van der Waals surface area contributed by atoms with Gasteiger partial charge in [0.2, 0.25) is 5.91 Å². The first-order chi connectivity index (χ1) is 12.5. The van der Waals surface area contributed by atoms with E-state index in [0.717, 1.165) is 0 Å². The highest BCUT2D eigenvalue weighted by Crippen LogP contribution is 2.16. The van der Waals surface area contributed by atoms with Crippen LogP contribution in [0.1, 0.15) is 31.3 Å². The molecule has 130 valence electrons. The van der Waals surface area contributed by atoms with Gasteiger partial charge in [-0.1, -0.05) is 12.1 Å². The fraction of sp³-hybridized carbons (Fsp3) is 0. The molecule has 3 rings (SSSR count). The van der Waals surface area contributed by atoms with Crippen molar-refractivity contribution in [2.45, 2.75) is 0 Å². The maximum absolute atomic E-state index is 12.4. The summed E-state index contributed by atoms with van der Waals surface area (Å²) in [5.41, 5.74) is 6.75. The van der Waals surface area contributed by atoms with Crippen LogP contribution in [-0.4, -0.2) is 17.7 Å². The third kappa shape index (κ3) is 3.96. The second-order valence-electron chi connectivity index (χ2n) is 5.41. The number of anilines is 2. The van der Waals surface area contributed by atoms with Crippen molar-refractivity contribution < 1.29 is 18.8 Å².